The van der Waals surface area contributed by atoms with E-state index < -0.39 is 5.92 Å². The van der Waals surface area contributed by atoms with Crippen molar-refractivity contribution in [1.82, 2.24) is 0 Å². The average molecular weight is 187 g/mol. The average Bonchev–Trinajstić information content (AvgIpc) is 2.20. The van der Waals surface area contributed by atoms with Gasteiger partial charge < -0.3 is 0 Å². The molecule has 1 aromatic carbocycles. The first-order valence-electron chi connectivity index (χ1n) is 4.57. The van der Waals surface area contributed by atoms with Crippen molar-refractivity contribution in [3.63, 3.8) is 0 Å². The molecule has 0 bridgehead atoms. The van der Waals surface area contributed by atoms with E-state index in [0.717, 1.165) is 11.1 Å². The van der Waals surface area contributed by atoms with Crippen molar-refractivity contribution in [3.05, 3.63) is 34.9 Å². The van der Waals surface area contributed by atoms with Crippen LogP contribution in [0.3, 0.4) is 0 Å². The maximum absolute atomic E-state index is 11.6. The molecule has 1 atom stereocenters. The van der Waals surface area contributed by atoms with Gasteiger partial charge in [-0.15, -0.1) is 0 Å². The molecule has 14 heavy (non-hydrogen) atoms. The number of nitriles is 1. The van der Waals surface area contributed by atoms with Gasteiger partial charge in [-0.3, -0.25) is 4.79 Å². The summed E-state index contributed by atoms with van der Waals surface area (Å²) < 4.78 is 0. The molecule has 0 saturated carbocycles. The number of hydrogen-bond acceptors (Lipinski definition) is 2. The van der Waals surface area contributed by atoms with Gasteiger partial charge in [-0.1, -0.05) is 12.1 Å². The molecule has 0 saturated heterocycles. The van der Waals surface area contributed by atoms with Crippen LogP contribution >= 0.6 is 0 Å². The van der Waals surface area contributed by atoms with Crippen LogP contribution in [0.25, 0.3) is 0 Å². The number of Topliss-reactive ketones (excluding diaryl/α,β-unsaturated/α-hetero) is 1. The summed E-state index contributed by atoms with van der Waals surface area (Å²) in [6, 6.07) is 7.47. The van der Waals surface area contributed by atoms with Crippen LogP contribution in [0.5, 0.6) is 0 Å². The van der Waals surface area contributed by atoms with E-state index >= 15 is 0 Å². The Morgan fingerprint density at radius 3 is 2.50 bits per heavy atom. The van der Waals surface area contributed by atoms with Gasteiger partial charge in [0.25, 0.3) is 0 Å². The molecular formula is C12H13NO. The first-order valence-corrected chi connectivity index (χ1v) is 4.57. The molecule has 0 spiro atoms. The lowest BCUT2D eigenvalue weighted by Crippen LogP contribution is -2.09. The van der Waals surface area contributed by atoms with E-state index in [2.05, 4.69) is 0 Å². The van der Waals surface area contributed by atoms with Crippen LogP contribution in [0.4, 0.5) is 0 Å². The summed E-state index contributed by atoms with van der Waals surface area (Å²) in [7, 11) is 0. The molecule has 0 amide bonds. The van der Waals surface area contributed by atoms with Crippen molar-refractivity contribution in [1.29, 1.82) is 5.26 Å². The number of carbonyl (C=O) groups excluding carboxylic acids is 1. The minimum atomic E-state index is -0.558. The van der Waals surface area contributed by atoms with Gasteiger partial charge in [0.15, 0.2) is 5.78 Å². The molecule has 0 aromatic heterocycles. The maximum Gasteiger partial charge on any atom is 0.179 e. The Bertz CT molecular complexity index is 401. The molecule has 72 valence electrons. The van der Waals surface area contributed by atoms with Crippen molar-refractivity contribution < 1.29 is 4.79 Å². The summed E-state index contributed by atoms with van der Waals surface area (Å²) in [5, 5.41) is 8.62. The van der Waals surface area contributed by atoms with Gasteiger partial charge in [-0.05, 0) is 38.0 Å². The highest BCUT2D eigenvalue weighted by Crippen LogP contribution is 2.13. The van der Waals surface area contributed by atoms with Gasteiger partial charge in [-0.25, -0.2) is 0 Å². The smallest absolute Gasteiger partial charge is 0.179 e. The highest BCUT2D eigenvalue weighted by atomic mass is 16.1. The summed E-state index contributed by atoms with van der Waals surface area (Å²) >= 11 is 0. The Hall–Kier alpha value is -1.62. The summed E-state index contributed by atoms with van der Waals surface area (Å²) in [5.41, 5.74) is 2.87. The SMILES string of the molecule is Cc1ccc(C(=O)C(C)C#N)cc1C. The summed E-state index contributed by atoms with van der Waals surface area (Å²) in [5.74, 6) is -0.660. The van der Waals surface area contributed by atoms with E-state index in [1.807, 2.05) is 32.0 Å². The van der Waals surface area contributed by atoms with Gasteiger partial charge in [0.2, 0.25) is 0 Å². The summed E-state index contributed by atoms with van der Waals surface area (Å²) in [4.78, 5) is 11.6. The number of aryl methyl sites for hydroxylation is 2. The summed E-state index contributed by atoms with van der Waals surface area (Å²) in [6.45, 7) is 5.58. The van der Waals surface area contributed by atoms with E-state index in [9.17, 15) is 4.79 Å². The molecule has 0 fully saturated rings. The first-order chi connectivity index (χ1) is 6.56. The molecule has 1 unspecified atom stereocenters. The molecule has 0 N–H and O–H groups in total. The number of carbonyl (C=O) groups is 1. The fourth-order valence-corrected chi connectivity index (χ4v) is 1.20. The minimum absolute atomic E-state index is 0.101. The van der Waals surface area contributed by atoms with Gasteiger partial charge in [-0.2, -0.15) is 5.26 Å². The number of benzene rings is 1. The molecule has 1 rings (SSSR count). The summed E-state index contributed by atoms with van der Waals surface area (Å²) in [6.07, 6.45) is 0. The van der Waals surface area contributed by atoms with E-state index in [4.69, 9.17) is 5.26 Å². The fourth-order valence-electron chi connectivity index (χ4n) is 1.20. The molecular weight excluding hydrogens is 174 g/mol. The predicted octanol–water partition coefficient (Wildman–Crippen LogP) is 2.65. The monoisotopic (exact) mass is 187 g/mol. The van der Waals surface area contributed by atoms with Crippen LogP contribution in [-0.2, 0) is 0 Å². The second-order valence-corrected chi connectivity index (χ2v) is 3.51. The molecule has 1 aromatic rings. The Morgan fingerprint density at radius 2 is 2.00 bits per heavy atom. The lowest BCUT2D eigenvalue weighted by atomic mass is 9.97. The third-order valence-corrected chi connectivity index (χ3v) is 2.38. The number of rotatable bonds is 2. The van der Waals surface area contributed by atoms with Crippen molar-refractivity contribution in [2.45, 2.75) is 20.8 Å². The van der Waals surface area contributed by atoms with Crippen molar-refractivity contribution in [2.75, 3.05) is 0 Å². The highest BCUT2D eigenvalue weighted by molar-refractivity contribution is 5.99. The van der Waals surface area contributed by atoms with Crippen LogP contribution in [0.2, 0.25) is 0 Å². The van der Waals surface area contributed by atoms with Crippen LogP contribution < -0.4 is 0 Å². The van der Waals surface area contributed by atoms with Gasteiger partial charge >= 0.3 is 0 Å². The van der Waals surface area contributed by atoms with Crippen LogP contribution in [-0.4, -0.2) is 5.78 Å². The molecule has 2 nitrogen and oxygen atoms in total. The van der Waals surface area contributed by atoms with E-state index in [1.54, 1.807) is 13.0 Å². The predicted molar refractivity (Wildman–Crippen MR) is 55.0 cm³/mol. The largest absolute Gasteiger partial charge is 0.293 e. The quantitative estimate of drug-likeness (QED) is 0.668. The topological polar surface area (TPSA) is 40.9 Å². The normalized spacial score (nSPS) is 11.9. The third-order valence-electron chi connectivity index (χ3n) is 2.38. The Morgan fingerprint density at radius 1 is 1.36 bits per heavy atom. The Kier molecular flexibility index (Phi) is 3.03. The van der Waals surface area contributed by atoms with Crippen molar-refractivity contribution in [3.8, 4) is 6.07 Å². The highest BCUT2D eigenvalue weighted by Gasteiger charge is 2.14. The third kappa shape index (κ3) is 2.00. The van der Waals surface area contributed by atoms with Crippen LogP contribution in [0.1, 0.15) is 28.4 Å². The standard InChI is InChI=1S/C12H13NO/c1-8-4-5-11(6-9(8)2)12(14)10(3)7-13/h4-6,10H,1-3H3. The van der Waals surface area contributed by atoms with Crippen molar-refractivity contribution >= 4 is 5.78 Å². The number of hydrogen-bond donors (Lipinski definition) is 0. The second-order valence-electron chi connectivity index (χ2n) is 3.51. The lowest BCUT2D eigenvalue weighted by molar-refractivity contribution is 0.0956. The number of ketones is 1. The van der Waals surface area contributed by atoms with Crippen LogP contribution in [0.15, 0.2) is 18.2 Å². The minimum Gasteiger partial charge on any atom is -0.293 e. The van der Waals surface area contributed by atoms with Gasteiger partial charge in [0.05, 0.1) is 6.07 Å². The van der Waals surface area contributed by atoms with Crippen LogP contribution in [0, 0.1) is 31.1 Å². The molecule has 0 aliphatic heterocycles. The lowest BCUT2D eigenvalue weighted by Gasteiger charge is -2.05. The van der Waals surface area contributed by atoms with Gasteiger partial charge in [0, 0.05) is 5.56 Å². The van der Waals surface area contributed by atoms with Crippen molar-refractivity contribution in [2.24, 2.45) is 5.92 Å². The van der Waals surface area contributed by atoms with E-state index in [0.29, 0.717) is 5.56 Å². The zero-order valence-electron chi connectivity index (χ0n) is 8.66. The second kappa shape index (κ2) is 4.06. The zero-order valence-corrected chi connectivity index (χ0v) is 8.66. The van der Waals surface area contributed by atoms with E-state index in [1.165, 1.54) is 0 Å². The fraction of sp³-hybridized carbons (Fsp3) is 0.333. The molecule has 0 aliphatic carbocycles. The van der Waals surface area contributed by atoms with Gasteiger partial charge in [0.1, 0.15) is 5.92 Å². The molecule has 0 heterocycles. The molecule has 0 aliphatic rings. The molecule has 2 heteroatoms. The number of nitrogens with zero attached hydrogens (tertiary/aromatic N) is 1. The maximum atomic E-state index is 11.6. The first kappa shape index (κ1) is 10.5. The Balaban J connectivity index is 3.04. The zero-order chi connectivity index (χ0) is 10.7. The Labute approximate surface area is 84.2 Å². The molecule has 0 radical (unpaired) electrons. The van der Waals surface area contributed by atoms with E-state index in [-0.39, 0.29) is 5.78 Å².